The van der Waals surface area contributed by atoms with E-state index in [0.29, 0.717) is 25.9 Å². The van der Waals surface area contributed by atoms with Crippen molar-refractivity contribution in [3.63, 3.8) is 0 Å². The molecule has 1 aliphatic rings. The van der Waals surface area contributed by atoms with Crippen LogP contribution in [0.4, 0.5) is 4.79 Å². The summed E-state index contributed by atoms with van der Waals surface area (Å²) < 4.78 is 5.22. The first-order chi connectivity index (χ1) is 13.1. The maximum atomic E-state index is 12.8. The molecule has 27 heavy (non-hydrogen) atoms. The van der Waals surface area contributed by atoms with Crippen LogP contribution in [0.5, 0.6) is 5.75 Å². The molecule has 0 bridgehead atoms. The minimum Gasteiger partial charge on any atom is -0.497 e. The Balaban J connectivity index is 1.75. The van der Waals surface area contributed by atoms with E-state index in [1.165, 1.54) is 0 Å². The number of piperidine rings is 1. The molecule has 3 N–H and O–H groups in total. The SMILES string of the molecule is COc1ccc([C@@H](NC(=O)N2CCC(C(N)=O)CC2)c2ccncc2)cc1. The number of urea groups is 1. The molecule has 0 radical (unpaired) electrons. The number of hydrogen-bond acceptors (Lipinski definition) is 4. The first-order valence-electron chi connectivity index (χ1n) is 8.97. The predicted octanol–water partition coefficient (Wildman–Crippen LogP) is 2.09. The molecule has 3 amide bonds. The lowest BCUT2D eigenvalue weighted by molar-refractivity contribution is -0.123. The molecule has 7 nitrogen and oxygen atoms in total. The summed E-state index contributed by atoms with van der Waals surface area (Å²) in [6.07, 6.45) is 4.61. The Morgan fingerprint density at radius 2 is 1.70 bits per heavy atom. The topological polar surface area (TPSA) is 97.5 Å². The first-order valence-corrected chi connectivity index (χ1v) is 8.97. The molecule has 1 fully saturated rings. The van der Waals surface area contributed by atoms with Crippen molar-refractivity contribution in [1.29, 1.82) is 0 Å². The molecule has 0 aliphatic carbocycles. The highest BCUT2D eigenvalue weighted by Crippen LogP contribution is 2.25. The highest BCUT2D eigenvalue weighted by atomic mass is 16.5. The number of amides is 3. The van der Waals surface area contributed by atoms with E-state index in [2.05, 4.69) is 10.3 Å². The van der Waals surface area contributed by atoms with Crippen LogP contribution in [-0.4, -0.2) is 42.0 Å². The number of primary amides is 1. The third kappa shape index (κ3) is 4.55. The van der Waals surface area contributed by atoms with Gasteiger partial charge < -0.3 is 20.7 Å². The molecular formula is C20H24N4O3. The third-order valence-electron chi connectivity index (χ3n) is 4.94. The number of carbonyl (C=O) groups is 2. The van der Waals surface area contributed by atoms with E-state index >= 15 is 0 Å². The zero-order valence-electron chi connectivity index (χ0n) is 15.3. The smallest absolute Gasteiger partial charge is 0.318 e. The number of hydrogen-bond donors (Lipinski definition) is 2. The highest BCUT2D eigenvalue weighted by Gasteiger charge is 2.27. The number of nitrogens with two attached hydrogens (primary N) is 1. The van der Waals surface area contributed by atoms with Crippen LogP contribution < -0.4 is 15.8 Å². The summed E-state index contributed by atoms with van der Waals surface area (Å²) >= 11 is 0. The van der Waals surface area contributed by atoms with Gasteiger partial charge in [0.2, 0.25) is 5.91 Å². The first kappa shape index (κ1) is 18.7. The summed E-state index contributed by atoms with van der Waals surface area (Å²) in [7, 11) is 1.62. The average Bonchev–Trinajstić information content (AvgIpc) is 2.72. The van der Waals surface area contributed by atoms with E-state index in [0.717, 1.165) is 16.9 Å². The zero-order valence-corrected chi connectivity index (χ0v) is 15.3. The summed E-state index contributed by atoms with van der Waals surface area (Å²) in [6, 6.07) is 10.9. The average molecular weight is 368 g/mol. The van der Waals surface area contributed by atoms with Gasteiger partial charge in [-0.1, -0.05) is 12.1 Å². The number of aromatic nitrogens is 1. The second-order valence-corrected chi connectivity index (χ2v) is 6.60. The van der Waals surface area contributed by atoms with Crippen molar-refractivity contribution in [3.05, 3.63) is 59.9 Å². The lowest BCUT2D eigenvalue weighted by Gasteiger charge is -2.32. The Morgan fingerprint density at radius 3 is 2.26 bits per heavy atom. The molecule has 1 atom stereocenters. The Labute approximate surface area is 158 Å². The molecule has 1 aromatic heterocycles. The number of likely N-dealkylation sites (tertiary alicyclic amines) is 1. The number of rotatable bonds is 5. The number of benzene rings is 1. The van der Waals surface area contributed by atoms with Crippen molar-refractivity contribution < 1.29 is 14.3 Å². The molecular weight excluding hydrogens is 344 g/mol. The maximum Gasteiger partial charge on any atom is 0.318 e. The van der Waals surface area contributed by atoms with Gasteiger partial charge in [-0.15, -0.1) is 0 Å². The van der Waals surface area contributed by atoms with Gasteiger partial charge in [-0.05, 0) is 48.2 Å². The standard InChI is InChI=1S/C20H24N4O3/c1-27-17-4-2-14(3-5-17)18(15-6-10-22-11-7-15)23-20(26)24-12-8-16(9-13-24)19(21)25/h2-7,10-11,16,18H,8-9,12-13H2,1H3,(H2,21,25)(H,23,26)/t18-/m1/s1. The van der Waals surface area contributed by atoms with Crippen molar-refractivity contribution in [3.8, 4) is 5.75 Å². The van der Waals surface area contributed by atoms with Crippen LogP contribution in [0.3, 0.4) is 0 Å². The second kappa shape index (κ2) is 8.53. The van der Waals surface area contributed by atoms with Crippen molar-refractivity contribution >= 4 is 11.9 Å². The van der Waals surface area contributed by atoms with Crippen LogP contribution in [0.1, 0.15) is 30.0 Å². The number of methoxy groups -OCH3 is 1. The molecule has 1 saturated heterocycles. The maximum absolute atomic E-state index is 12.8. The zero-order chi connectivity index (χ0) is 19.2. The summed E-state index contributed by atoms with van der Waals surface area (Å²) in [5.41, 5.74) is 7.26. The lowest BCUT2D eigenvalue weighted by Crippen LogP contribution is -2.47. The molecule has 7 heteroatoms. The van der Waals surface area contributed by atoms with Crippen LogP contribution in [0.25, 0.3) is 0 Å². The van der Waals surface area contributed by atoms with Crippen molar-refractivity contribution in [2.24, 2.45) is 11.7 Å². The summed E-state index contributed by atoms with van der Waals surface area (Å²) in [4.78, 5) is 29.9. The summed E-state index contributed by atoms with van der Waals surface area (Å²) in [6.45, 7) is 1.04. The highest BCUT2D eigenvalue weighted by molar-refractivity contribution is 5.78. The van der Waals surface area contributed by atoms with Crippen molar-refractivity contribution in [2.45, 2.75) is 18.9 Å². The van der Waals surface area contributed by atoms with E-state index in [1.54, 1.807) is 24.4 Å². The molecule has 0 saturated carbocycles. The molecule has 2 heterocycles. The Hall–Kier alpha value is -3.09. The van der Waals surface area contributed by atoms with Gasteiger partial charge in [-0.25, -0.2) is 4.79 Å². The Bertz CT molecular complexity index is 772. The van der Waals surface area contributed by atoms with Gasteiger partial charge >= 0.3 is 6.03 Å². The molecule has 0 unspecified atom stereocenters. The molecule has 3 rings (SSSR count). The predicted molar refractivity (Wildman–Crippen MR) is 101 cm³/mol. The number of nitrogens with one attached hydrogen (secondary N) is 1. The fraction of sp³-hybridized carbons (Fsp3) is 0.350. The molecule has 0 spiro atoms. The van der Waals surface area contributed by atoms with E-state index in [4.69, 9.17) is 10.5 Å². The van der Waals surface area contributed by atoms with Gasteiger partial charge in [0.25, 0.3) is 0 Å². The lowest BCUT2D eigenvalue weighted by atomic mass is 9.96. The van der Waals surface area contributed by atoms with Crippen LogP contribution in [0, 0.1) is 5.92 Å². The normalized spacial score (nSPS) is 15.8. The van der Waals surface area contributed by atoms with Crippen LogP contribution in [-0.2, 0) is 4.79 Å². The second-order valence-electron chi connectivity index (χ2n) is 6.60. The van der Waals surface area contributed by atoms with E-state index < -0.39 is 0 Å². The van der Waals surface area contributed by atoms with Gasteiger partial charge in [0.1, 0.15) is 5.75 Å². The quantitative estimate of drug-likeness (QED) is 0.844. The van der Waals surface area contributed by atoms with Gasteiger partial charge in [-0.3, -0.25) is 9.78 Å². The van der Waals surface area contributed by atoms with E-state index in [9.17, 15) is 9.59 Å². The molecule has 142 valence electrons. The monoisotopic (exact) mass is 368 g/mol. The number of ether oxygens (including phenoxy) is 1. The van der Waals surface area contributed by atoms with E-state index in [1.807, 2.05) is 36.4 Å². The molecule has 2 aromatic rings. The number of pyridine rings is 1. The van der Waals surface area contributed by atoms with Crippen LogP contribution in [0.15, 0.2) is 48.8 Å². The van der Waals surface area contributed by atoms with Gasteiger partial charge in [0, 0.05) is 31.4 Å². The minimum absolute atomic E-state index is 0.147. The minimum atomic E-state index is -0.305. The fourth-order valence-electron chi connectivity index (χ4n) is 3.29. The third-order valence-corrected chi connectivity index (χ3v) is 4.94. The Kier molecular flexibility index (Phi) is 5.90. The van der Waals surface area contributed by atoms with Crippen molar-refractivity contribution in [2.75, 3.05) is 20.2 Å². The van der Waals surface area contributed by atoms with Gasteiger partial charge in [-0.2, -0.15) is 0 Å². The van der Waals surface area contributed by atoms with Crippen LogP contribution in [0.2, 0.25) is 0 Å². The van der Waals surface area contributed by atoms with Gasteiger partial charge in [0.15, 0.2) is 0 Å². The van der Waals surface area contributed by atoms with Crippen molar-refractivity contribution in [1.82, 2.24) is 15.2 Å². The summed E-state index contributed by atoms with van der Waals surface area (Å²) in [5, 5.41) is 3.10. The van der Waals surface area contributed by atoms with Crippen LogP contribution >= 0.6 is 0 Å². The molecule has 1 aliphatic heterocycles. The number of nitrogens with zero attached hydrogens (tertiary/aromatic N) is 2. The van der Waals surface area contributed by atoms with E-state index in [-0.39, 0.29) is 23.9 Å². The summed E-state index contributed by atoms with van der Waals surface area (Å²) in [5.74, 6) is 0.321. The van der Waals surface area contributed by atoms with Gasteiger partial charge in [0.05, 0.1) is 13.2 Å². The fourth-order valence-corrected chi connectivity index (χ4v) is 3.29. The number of carbonyl (C=O) groups excluding carboxylic acids is 2. The Morgan fingerprint density at radius 1 is 1.11 bits per heavy atom. The largest absolute Gasteiger partial charge is 0.497 e. The molecule has 1 aromatic carbocycles.